The SMILES string of the molecule is Nc1noc(-c2ccc(CN3CCCCCC3)s2)n1. The molecule has 0 aromatic carbocycles. The Morgan fingerprint density at radius 2 is 2.00 bits per heavy atom. The Labute approximate surface area is 116 Å². The number of nitrogen functional groups attached to an aromatic ring is 1. The third kappa shape index (κ3) is 3.13. The van der Waals surface area contributed by atoms with Crippen LogP contribution in [0.5, 0.6) is 0 Å². The van der Waals surface area contributed by atoms with E-state index in [1.54, 1.807) is 11.3 Å². The Kier molecular flexibility index (Phi) is 3.79. The molecule has 0 amide bonds. The van der Waals surface area contributed by atoms with E-state index in [1.165, 1.54) is 43.6 Å². The summed E-state index contributed by atoms with van der Waals surface area (Å²) in [5.74, 6) is 0.710. The number of anilines is 1. The molecule has 5 nitrogen and oxygen atoms in total. The Morgan fingerprint density at radius 1 is 1.21 bits per heavy atom. The van der Waals surface area contributed by atoms with Crippen molar-refractivity contribution in [3.63, 3.8) is 0 Å². The van der Waals surface area contributed by atoms with Crippen molar-refractivity contribution < 1.29 is 4.52 Å². The molecule has 2 aromatic rings. The van der Waals surface area contributed by atoms with Crippen molar-refractivity contribution in [1.82, 2.24) is 15.0 Å². The van der Waals surface area contributed by atoms with Crippen molar-refractivity contribution in [1.29, 1.82) is 0 Å². The second kappa shape index (κ2) is 5.71. The van der Waals surface area contributed by atoms with Gasteiger partial charge in [0.05, 0.1) is 4.88 Å². The van der Waals surface area contributed by atoms with Crippen LogP contribution < -0.4 is 5.73 Å². The molecule has 2 aromatic heterocycles. The number of likely N-dealkylation sites (tertiary alicyclic amines) is 1. The van der Waals surface area contributed by atoms with Crippen molar-refractivity contribution in [3.8, 4) is 10.8 Å². The number of nitrogens with zero attached hydrogens (tertiary/aromatic N) is 3. The quantitative estimate of drug-likeness (QED) is 0.935. The molecule has 0 saturated carbocycles. The zero-order valence-electron chi connectivity index (χ0n) is 10.8. The van der Waals surface area contributed by atoms with Gasteiger partial charge in [0.2, 0.25) is 0 Å². The van der Waals surface area contributed by atoms with Crippen LogP contribution in [0.25, 0.3) is 10.8 Å². The standard InChI is InChI=1S/C13H18N4OS/c14-13-15-12(18-16-13)11-6-5-10(19-11)9-17-7-3-1-2-4-8-17/h5-6H,1-4,7-9H2,(H2,14,16). The van der Waals surface area contributed by atoms with E-state index in [2.05, 4.69) is 21.1 Å². The lowest BCUT2D eigenvalue weighted by molar-refractivity contribution is 0.279. The molecule has 0 spiro atoms. The molecule has 3 heterocycles. The minimum absolute atomic E-state index is 0.192. The lowest BCUT2D eigenvalue weighted by Gasteiger charge is -2.18. The first-order valence-corrected chi connectivity index (χ1v) is 7.53. The summed E-state index contributed by atoms with van der Waals surface area (Å²) in [5, 5.41) is 3.62. The van der Waals surface area contributed by atoms with Crippen LogP contribution in [0.1, 0.15) is 30.6 Å². The molecule has 0 unspecified atom stereocenters. The van der Waals surface area contributed by atoms with E-state index in [9.17, 15) is 0 Å². The molecule has 1 fully saturated rings. The van der Waals surface area contributed by atoms with Crippen molar-refractivity contribution >= 4 is 17.3 Å². The molecule has 102 valence electrons. The molecule has 6 heteroatoms. The van der Waals surface area contributed by atoms with Crippen LogP contribution in [0.2, 0.25) is 0 Å². The van der Waals surface area contributed by atoms with Crippen LogP contribution in [0, 0.1) is 0 Å². The monoisotopic (exact) mass is 278 g/mol. The minimum atomic E-state index is 0.192. The van der Waals surface area contributed by atoms with Gasteiger partial charge in [-0.05, 0) is 43.2 Å². The largest absolute Gasteiger partial charge is 0.365 e. The van der Waals surface area contributed by atoms with Crippen molar-refractivity contribution in [3.05, 3.63) is 17.0 Å². The normalized spacial score (nSPS) is 17.5. The van der Waals surface area contributed by atoms with E-state index in [0.29, 0.717) is 5.89 Å². The van der Waals surface area contributed by atoms with Gasteiger partial charge in [-0.15, -0.1) is 11.3 Å². The molecule has 2 N–H and O–H groups in total. The van der Waals surface area contributed by atoms with Gasteiger partial charge in [-0.1, -0.05) is 12.8 Å². The van der Waals surface area contributed by atoms with Crippen LogP contribution in [0.4, 0.5) is 5.95 Å². The fourth-order valence-corrected chi connectivity index (χ4v) is 3.40. The molecule has 0 aliphatic carbocycles. The highest BCUT2D eigenvalue weighted by molar-refractivity contribution is 7.15. The molecule has 0 atom stereocenters. The molecule has 0 bridgehead atoms. The zero-order chi connectivity index (χ0) is 13.1. The highest BCUT2D eigenvalue weighted by atomic mass is 32.1. The third-order valence-corrected chi connectivity index (χ3v) is 4.45. The topological polar surface area (TPSA) is 68.2 Å². The lowest BCUT2D eigenvalue weighted by atomic mass is 10.2. The van der Waals surface area contributed by atoms with Gasteiger partial charge >= 0.3 is 0 Å². The smallest absolute Gasteiger partial charge is 0.269 e. The first-order valence-electron chi connectivity index (χ1n) is 6.72. The second-order valence-corrected chi connectivity index (χ2v) is 6.08. The van der Waals surface area contributed by atoms with Crippen molar-refractivity contribution in [2.45, 2.75) is 32.2 Å². The first kappa shape index (κ1) is 12.6. The maximum Gasteiger partial charge on any atom is 0.269 e. The molecule has 1 aliphatic heterocycles. The predicted octanol–water partition coefficient (Wildman–Crippen LogP) is 2.76. The van der Waals surface area contributed by atoms with Gasteiger partial charge in [-0.2, -0.15) is 4.98 Å². The molecule has 1 aliphatic rings. The number of aromatic nitrogens is 2. The molecule has 3 rings (SSSR count). The lowest BCUT2D eigenvalue weighted by Crippen LogP contribution is -2.23. The van der Waals surface area contributed by atoms with Gasteiger partial charge in [0.25, 0.3) is 11.8 Å². The summed E-state index contributed by atoms with van der Waals surface area (Å²) in [5.41, 5.74) is 5.47. The van der Waals surface area contributed by atoms with E-state index >= 15 is 0 Å². The van der Waals surface area contributed by atoms with Crippen molar-refractivity contribution in [2.24, 2.45) is 0 Å². The van der Waals surface area contributed by atoms with Crippen LogP contribution in [0.15, 0.2) is 16.7 Å². The third-order valence-electron chi connectivity index (χ3n) is 3.39. The van der Waals surface area contributed by atoms with Crippen LogP contribution in [0.3, 0.4) is 0 Å². The highest BCUT2D eigenvalue weighted by Gasteiger charge is 2.13. The summed E-state index contributed by atoms with van der Waals surface area (Å²) in [6.07, 6.45) is 5.37. The molecule has 19 heavy (non-hydrogen) atoms. The summed E-state index contributed by atoms with van der Waals surface area (Å²) in [6, 6.07) is 4.18. The van der Waals surface area contributed by atoms with Crippen LogP contribution >= 0.6 is 11.3 Å². The summed E-state index contributed by atoms with van der Waals surface area (Å²) in [6.45, 7) is 3.44. The molecular formula is C13H18N4OS. The van der Waals surface area contributed by atoms with E-state index < -0.39 is 0 Å². The highest BCUT2D eigenvalue weighted by Crippen LogP contribution is 2.28. The fraction of sp³-hybridized carbons (Fsp3) is 0.538. The predicted molar refractivity (Wildman–Crippen MR) is 75.8 cm³/mol. The number of hydrogen-bond donors (Lipinski definition) is 1. The van der Waals surface area contributed by atoms with Gasteiger partial charge in [0, 0.05) is 11.4 Å². The fourth-order valence-electron chi connectivity index (χ4n) is 2.43. The summed E-state index contributed by atoms with van der Waals surface area (Å²) >= 11 is 1.71. The summed E-state index contributed by atoms with van der Waals surface area (Å²) in [4.78, 5) is 8.92. The van der Waals surface area contributed by atoms with Crippen molar-refractivity contribution in [2.75, 3.05) is 18.8 Å². The second-order valence-electron chi connectivity index (χ2n) is 4.91. The maximum absolute atomic E-state index is 5.47. The van der Waals surface area contributed by atoms with E-state index in [-0.39, 0.29) is 5.95 Å². The Hall–Kier alpha value is -1.40. The van der Waals surface area contributed by atoms with E-state index in [4.69, 9.17) is 10.3 Å². The maximum atomic E-state index is 5.47. The summed E-state index contributed by atoms with van der Waals surface area (Å²) in [7, 11) is 0. The first-order chi connectivity index (χ1) is 9.31. The van der Waals surface area contributed by atoms with Gasteiger partial charge in [0.1, 0.15) is 0 Å². The van der Waals surface area contributed by atoms with E-state index in [1.807, 2.05) is 6.07 Å². The van der Waals surface area contributed by atoms with Gasteiger partial charge in [-0.3, -0.25) is 4.90 Å². The number of nitrogens with two attached hydrogens (primary N) is 1. The Bertz CT molecular complexity index is 528. The van der Waals surface area contributed by atoms with Gasteiger partial charge in [0.15, 0.2) is 0 Å². The average molecular weight is 278 g/mol. The Balaban J connectivity index is 1.67. The van der Waals surface area contributed by atoms with Gasteiger partial charge < -0.3 is 10.3 Å². The number of thiophene rings is 1. The van der Waals surface area contributed by atoms with Crippen LogP contribution in [-0.4, -0.2) is 28.1 Å². The molecule has 1 saturated heterocycles. The summed E-state index contributed by atoms with van der Waals surface area (Å²) < 4.78 is 5.08. The minimum Gasteiger partial charge on any atom is -0.365 e. The Morgan fingerprint density at radius 3 is 2.68 bits per heavy atom. The molecule has 0 radical (unpaired) electrons. The average Bonchev–Trinajstić information content (AvgIpc) is 2.94. The molecular weight excluding hydrogens is 260 g/mol. The van der Waals surface area contributed by atoms with Crippen LogP contribution in [-0.2, 0) is 6.54 Å². The van der Waals surface area contributed by atoms with E-state index in [0.717, 1.165) is 11.4 Å². The van der Waals surface area contributed by atoms with Gasteiger partial charge in [-0.25, -0.2) is 0 Å². The number of hydrogen-bond acceptors (Lipinski definition) is 6. The zero-order valence-corrected chi connectivity index (χ0v) is 11.7. The number of rotatable bonds is 3.